The number of aromatic amines is 1. The minimum atomic E-state index is -0.433. The van der Waals surface area contributed by atoms with Gasteiger partial charge in [-0.1, -0.05) is 11.8 Å². The number of hydrogen-bond acceptors (Lipinski definition) is 7. The molecule has 2 aliphatic heterocycles. The van der Waals surface area contributed by atoms with Crippen molar-refractivity contribution >= 4 is 22.8 Å². The van der Waals surface area contributed by atoms with Gasteiger partial charge < -0.3 is 19.6 Å². The molecule has 2 saturated heterocycles. The Morgan fingerprint density at radius 3 is 3.03 bits per heavy atom. The molecule has 3 aromatic rings. The minimum Gasteiger partial charge on any atom is -0.391 e. The summed E-state index contributed by atoms with van der Waals surface area (Å²) in [4.78, 5) is 21.2. The van der Waals surface area contributed by atoms with Crippen molar-refractivity contribution < 1.29 is 14.6 Å². The number of H-pyrrole nitrogens is 1. The Morgan fingerprint density at radius 2 is 2.28 bits per heavy atom. The number of carbonyl (C=O) groups excluding carboxylic acids is 1. The molecule has 0 aromatic carbocycles. The first-order valence-electron chi connectivity index (χ1n) is 10.8. The summed E-state index contributed by atoms with van der Waals surface area (Å²) < 4.78 is 7.26. The lowest BCUT2D eigenvalue weighted by Gasteiger charge is -2.34. The van der Waals surface area contributed by atoms with E-state index in [0.717, 1.165) is 23.3 Å². The number of nitrogens with zero attached hydrogens (tertiary/aromatic N) is 6. The number of nitrogens with one attached hydrogen (secondary N) is 1. The van der Waals surface area contributed by atoms with E-state index in [-0.39, 0.29) is 18.4 Å². The van der Waals surface area contributed by atoms with Crippen molar-refractivity contribution in [1.82, 2.24) is 29.9 Å². The van der Waals surface area contributed by atoms with Crippen molar-refractivity contribution in [1.29, 1.82) is 0 Å². The first-order valence-corrected chi connectivity index (χ1v) is 10.8. The van der Waals surface area contributed by atoms with Gasteiger partial charge in [0.2, 0.25) is 5.91 Å². The maximum Gasteiger partial charge on any atom is 0.234 e. The molecule has 0 spiro atoms. The van der Waals surface area contributed by atoms with E-state index in [1.807, 2.05) is 12.1 Å². The summed E-state index contributed by atoms with van der Waals surface area (Å²) in [5, 5.41) is 22.0. The van der Waals surface area contributed by atoms with Crippen molar-refractivity contribution in [3.05, 3.63) is 30.1 Å². The molecule has 0 bridgehead atoms. The molecule has 0 radical (unpaired) electrons. The lowest BCUT2D eigenvalue weighted by atomic mass is 10.1. The van der Waals surface area contributed by atoms with E-state index in [1.54, 1.807) is 22.0 Å². The molecule has 5 rings (SSSR count). The number of amides is 1. The molecule has 10 heteroatoms. The van der Waals surface area contributed by atoms with Crippen LogP contribution in [-0.2, 0) is 9.53 Å². The van der Waals surface area contributed by atoms with E-state index in [2.05, 4.69) is 39.0 Å². The largest absolute Gasteiger partial charge is 0.391 e. The Labute approximate surface area is 185 Å². The maximum atomic E-state index is 12.4. The van der Waals surface area contributed by atoms with Crippen LogP contribution in [0.15, 0.2) is 24.5 Å². The summed E-state index contributed by atoms with van der Waals surface area (Å²) in [5.74, 6) is 7.56. The van der Waals surface area contributed by atoms with Gasteiger partial charge in [0.25, 0.3) is 0 Å². The molecule has 2 fully saturated rings. The van der Waals surface area contributed by atoms with Crippen LogP contribution in [0.1, 0.15) is 25.3 Å². The number of rotatable bonds is 3. The van der Waals surface area contributed by atoms with Gasteiger partial charge >= 0.3 is 0 Å². The number of carbonyl (C=O) groups is 1. The lowest BCUT2D eigenvalue weighted by Crippen LogP contribution is -2.44. The summed E-state index contributed by atoms with van der Waals surface area (Å²) in [6, 6.07) is 3.96. The zero-order chi connectivity index (χ0) is 22.1. The van der Waals surface area contributed by atoms with E-state index in [4.69, 9.17) is 9.72 Å². The number of morpholine rings is 1. The second kappa shape index (κ2) is 8.61. The topological polar surface area (TPSA) is 112 Å². The minimum absolute atomic E-state index is 0.0615. The highest BCUT2D eigenvalue weighted by molar-refractivity contribution is 5.86. The van der Waals surface area contributed by atoms with Gasteiger partial charge in [0, 0.05) is 37.5 Å². The first kappa shape index (κ1) is 20.5. The van der Waals surface area contributed by atoms with Crippen molar-refractivity contribution in [2.45, 2.75) is 31.9 Å². The quantitative estimate of drug-likeness (QED) is 0.583. The Bertz CT molecular complexity index is 1180. The van der Waals surface area contributed by atoms with Gasteiger partial charge in [0.1, 0.15) is 5.82 Å². The molecule has 2 N–H and O–H groups in total. The zero-order valence-electron chi connectivity index (χ0n) is 17.9. The van der Waals surface area contributed by atoms with E-state index in [9.17, 15) is 9.90 Å². The second-order valence-electron chi connectivity index (χ2n) is 8.13. The normalized spacial score (nSPS) is 21.1. The van der Waals surface area contributed by atoms with Crippen LogP contribution in [0.3, 0.4) is 0 Å². The number of ether oxygens (including phenoxy) is 1. The van der Waals surface area contributed by atoms with Gasteiger partial charge in [0.15, 0.2) is 11.5 Å². The van der Waals surface area contributed by atoms with Gasteiger partial charge in [-0.25, -0.2) is 4.98 Å². The number of β-amino-alcohol motifs (C(OH)–C–C–N with tert-alkyl or cyclic N) is 1. The second-order valence-corrected chi connectivity index (χ2v) is 8.13. The summed E-state index contributed by atoms with van der Waals surface area (Å²) in [7, 11) is 0. The van der Waals surface area contributed by atoms with Crippen LogP contribution >= 0.6 is 0 Å². The van der Waals surface area contributed by atoms with Gasteiger partial charge in [-0.15, -0.1) is 0 Å². The monoisotopic (exact) mass is 435 g/mol. The van der Waals surface area contributed by atoms with Gasteiger partial charge in [-0.3, -0.25) is 9.89 Å². The van der Waals surface area contributed by atoms with Crippen LogP contribution in [0.5, 0.6) is 0 Å². The number of pyridine rings is 1. The van der Waals surface area contributed by atoms with Crippen LogP contribution in [0, 0.1) is 11.8 Å². The fourth-order valence-electron chi connectivity index (χ4n) is 4.14. The molecular formula is C22H25N7O3. The third-order valence-electron chi connectivity index (χ3n) is 5.87. The predicted molar refractivity (Wildman–Crippen MR) is 117 cm³/mol. The SMILES string of the molecule is C[C@@H]1COCCN1c1cc(C#CCC(=O)N2CCC(O)C2)c2cnn(-c3cc[nH]n3)c2n1. The van der Waals surface area contributed by atoms with Crippen molar-refractivity contribution in [3.8, 4) is 17.7 Å². The molecule has 2 aliphatic rings. The number of likely N-dealkylation sites (tertiary alicyclic amines) is 1. The predicted octanol–water partition coefficient (Wildman–Crippen LogP) is 0.703. The third kappa shape index (κ3) is 3.92. The van der Waals surface area contributed by atoms with Crippen molar-refractivity contribution in [2.24, 2.45) is 0 Å². The highest BCUT2D eigenvalue weighted by Gasteiger charge is 2.24. The summed E-state index contributed by atoms with van der Waals surface area (Å²) in [6.07, 6.45) is 3.76. The Kier molecular flexibility index (Phi) is 5.51. The molecule has 1 unspecified atom stereocenters. The number of aliphatic hydroxyl groups is 1. The molecule has 0 saturated carbocycles. The average molecular weight is 435 g/mol. The van der Waals surface area contributed by atoms with Crippen molar-refractivity contribution in [3.63, 3.8) is 0 Å². The number of aromatic nitrogens is 5. The summed E-state index contributed by atoms with van der Waals surface area (Å²) >= 11 is 0. The van der Waals surface area contributed by atoms with Crippen LogP contribution in [0.2, 0.25) is 0 Å². The van der Waals surface area contributed by atoms with Crippen LogP contribution in [0.25, 0.3) is 16.9 Å². The van der Waals surface area contributed by atoms with Gasteiger partial charge in [-0.2, -0.15) is 14.9 Å². The van der Waals surface area contributed by atoms with Gasteiger partial charge in [0.05, 0.1) is 43.4 Å². The number of anilines is 1. The highest BCUT2D eigenvalue weighted by Crippen LogP contribution is 2.26. The Hall–Kier alpha value is -3.42. The smallest absolute Gasteiger partial charge is 0.234 e. The molecular weight excluding hydrogens is 410 g/mol. The summed E-state index contributed by atoms with van der Waals surface area (Å²) in [6.45, 7) is 5.07. The number of aliphatic hydroxyl groups excluding tert-OH is 1. The number of hydrogen-bond donors (Lipinski definition) is 2. The number of fused-ring (bicyclic) bond motifs is 1. The van der Waals surface area contributed by atoms with E-state index >= 15 is 0 Å². The van der Waals surface area contributed by atoms with Crippen LogP contribution in [-0.4, -0.2) is 85.9 Å². The molecule has 2 atom stereocenters. The fraction of sp³-hybridized carbons (Fsp3) is 0.455. The first-order chi connectivity index (χ1) is 15.6. The molecule has 0 aliphatic carbocycles. The van der Waals surface area contributed by atoms with Crippen molar-refractivity contribution in [2.75, 3.05) is 37.7 Å². The molecule has 5 heterocycles. The molecule has 1 amide bonds. The lowest BCUT2D eigenvalue weighted by molar-refractivity contribution is -0.129. The average Bonchev–Trinajstić information content (AvgIpc) is 3.54. The maximum absolute atomic E-state index is 12.4. The van der Waals surface area contributed by atoms with Crippen LogP contribution in [0.4, 0.5) is 5.82 Å². The van der Waals surface area contributed by atoms with Gasteiger partial charge in [-0.05, 0) is 19.4 Å². The third-order valence-corrected chi connectivity index (χ3v) is 5.87. The van der Waals surface area contributed by atoms with E-state index < -0.39 is 6.10 Å². The summed E-state index contributed by atoms with van der Waals surface area (Å²) in [5.41, 5.74) is 1.42. The Balaban J connectivity index is 1.50. The standard InChI is InChI=1S/C22H25N7O3/c1-15-14-32-10-9-28(15)20-11-16(3-2-4-21(31)27-8-6-17(30)13-27)18-12-24-29(22(18)25-20)19-5-7-23-26-19/h5,7,11-12,15,17,30H,4,6,8-10,13-14H2,1H3,(H,23,26)/t15-,17?/m1/s1. The molecule has 10 nitrogen and oxygen atoms in total. The fourth-order valence-corrected chi connectivity index (χ4v) is 4.14. The highest BCUT2D eigenvalue weighted by atomic mass is 16.5. The van der Waals surface area contributed by atoms with E-state index in [1.165, 1.54) is 0 Å². The van der Waals surface area contributed by atoms with Crippen LogP contribution < -0.4 is 4.90 Å². The Morgan fingerprint density at radius 1 is 1.38 bits per heavy atom. The molecule has 32 heavy (non-hydrogen) atoms. The zero-order valence-corrected chi connectivity index (χ0v) is 17.9. The van der Waals surface area contributed by atoms with E-state index in [0.29, 0.717) is 44.2 Å². The molecule has 3 aromatic heterocycles. The molecule has 166 valence electrons.